The molecule has 0 aromatic rings. The molecule has 4 heteroatoms. The smallest absolute Gasteiger partial charge is 0.325 e. The van der Waals surface area contributed by atoms with E-state index in [2.05, 4.69) is 0 Å². The lowest BCUT2D eigenvalue weighted by Crippen LogP contribution is -2.39. The summed E-state index contributed by atoms with van der Waals surface area (Å²) in [6.07, 6.45) is 3.04. The Bertz CT molecular complexity index is 145. The van der Waals surface area contributed by atoms with Crippen LogP contribution >= 0.6 is 0 Å². The van der Waals surface area contributed by atoms with Gasteiger partial charge in [-0.1, -0.05) is 0 Å². The van der Waals surface area contributed by atoms with Crippen LogP contribution in [-0.4, -0.2) is 29.8 Å². The quantitative estimate of drug-likeness (QED) is 0.539. The number of carbonyl (C=O) groups is 1. The molecule has 0 aromatic heterocycles. The second-order valence-corrected chi connectivity index (χ2v) is 2.78. The maximum absolute atomic E-state index is 10.9. The second-order valence-electron chi connectivity index (χ2n) is 2.78. The van der Waals surface area contributed by atoms with E-state index < -0.39 is 12.0 Å². The molecule has 0 spiro atoms. The molecule has 1 saturated carbocycles. The van der Waals surface area contributed by atoms with E-state index in [4.69, 9.17) is 15.6 Å². The predicted octanol–water partition coefficient (Wildman–Crippen LogP) is -0.598. The van der Waals surface area contributed by atoms with Crippen LogP contribution in [0.2, 0.25) is 0 Å². The third kappa shape index (κ3) is 2.17. The van der Waals surface area contributed by atoms with Crippen molar-refractivity contribution in [1.82, 2.24) is 0 Å². The van der Waals surface area contributed by atoms with Crippen molar-refractivity contribution in [1.29, 1.82) is 0 Å². The average Bonchev–Trinajstić information content (AvgIpc) is 1.94. The zero-order valence-electron chi connectivity index (χ0n) is 6.32. The Balaban J connectivity index is 2.19. The summed E-state index contributed by atoms with van der Waals surface area (Å²) in [5, 5.41) is 8.48. The van der Waals surface area contributed by atoms with Crippen molar-refractivity contribution in [2.24, 2.45) is 5.73 Å². The Kier molecular flexibility index (Phi) is 2.84. The molecule has 3 N–H and O–H groups in total. The molecule has 1 aliphatic rings. The van der Waals surface area contributed by atoms with Crippen LogP contribution in [0.15, 0.2) is 0 Å². The van der Waals surface area contributed by atoms with Gasteiger partial charge in [0.1, 0.15) is 12.1 Å². The van der Waals surface area contributed by atoms with Crippen molar-refractivity contribution >= 4 is 5.97 Å². The van der Waals surface area contributed by atoms with Gasteiger partial charge in [0.15, 0.2) is 0 Å². The molecule has 0 aromatic carbocycles. The van der Waals surface area contributed by atoms with Crippen molar-refractivity contribution in [3.63, 3.8) is 0 Å². The van der Waals surface area contributed by atoms with Gasteiger partial charge in [-0.3, -0.25) is 4.79 Å². The van der Waals surface area contributed by atoms with Crippen LogP contribution in [0.25, 0.3) is 0 Å². The third-order valence-electron chi connectivity index (χ3n) is 1.83. The maximum Gasteiger partial charge on any atom is 0.325 e. The minimum absolute atomic E-state index is 0.0556. The minimum Gasteiger partial charge on any atom is -0.461 e. The maximum atomic E-state index is 10.9. The molecule has 4 nitrogen and oxygen atoms in total. The zero-order chi connectivity index (χ0) is 8.27. The number of rotatable bonds is 3. The van der Waals surface area contributed by atoms with Crippen LogP contribution in [0.4, 0.5) is 0 Å². The van der Waals surface area contributed by atoms with Gasteiger partial charge in [-0.25, -0.2) is 0 Å². The monoisotopic (exact) mass is 159 g/mol. The standard InChI is InChI=1S/C7H13NO3/c8-6(4-9)7(10)11-5-2-1-3-5/h5-6,9H,1-4,8H2/t6-/m0/s1. The summed E-state index contributed by atoms with van der Waals surface area (Å²) in [4.78, 5) is 10.9. The highest BCUT2D eigenvalue weighted by Gasteiger charge is 2.24. The first-order valence-corrected chi connectivity index (χ1v) is 3.81. The lowest BCUT2D eigenvalue weighted by Gasteiger charge is -2.26. The number of carbonyl (C=O) groups excluding carboxylic acids is 1. The Morgan fingerprint density at radius 3 is 2.73 bits per heavy atom. The van der Waals surface area contributed by atoms with Crippen molar-refractivity contribution in [3.05, 3.63) is 0 Å². The first-order chi connectivity index (χ1) is 5.24. The fraction of sp³-hybridized carbons (Fsp3) is 0.857. The van der Waals surface area contributed by atoms with Gasteiger partial charge in [-0.05, 0) is 19.3 Å². The number of hydrogen-bond acceptors (Lipinski definition) is 4. The van der Waals surface area contributed by atoms with Gasteiger partial charge in [-0.15, -0.1) is 0 Å². The fourth-order valence-electron chi connectivity index (χ4n) is 0.815. The summed E-state index contributed by atoms with van der Waals surface area (Å²) >= 11 is 0. The minimum atomic E-state index is -0.865. The number of ether oxygens (including phenoxy) is 1. The molecule has 0 saturated heterocycles. The van der Waals surface area contributed by atoms with E-state index in [-0.39, 0.29) is 12.7 Å². The molecule has 0 heterocycles. The predicted molar refractivity (Wildman–Crippen MR) is 38.8 cm³/mol. The number of nitrogens with two attached hydrogens (primary N) is 1. The van der Waals surface area contributed by atoms with E-state index in [0.29, 0.717) is 0 Å². The first kappa shape index (κ1) is 8.49. The highest BCUT2D eigenvalue weighted by Crippen LogP contribution is 2.21. The summed E-state index contributed by atoms with van der Waals surface area (Å²) in [5.74, 6) is -0.489. The largest absolute Gasteiger partial charge is 0.461 e. The average molecular weight is 159 g/mol. The molecule has 0 radical (unpaired) electrons. The number of aliphatic hydroxyl groups is 1. The van der Waals surface area contributed by atoms with Gasteiger partial charge >= 0.3 is 5.97 Å². The third-order valence-corrected chi connectivity index (χ3v) is 1.83. The molecule has 0 unspecified atom stereocenters. The highest BCUT2D eigenvalue weighted by atomic mass is 16.5. The lowest BCUT2D eigenvalue weighted by molar-refractivity contribution is -0.155. The molecule has 1 rings (SSSR count). The van der Waals surface area contributed by atoms with Crippen molar-refractivity contribution in [3.8, 4) is 0 Å². The van der Waals surface area contributed by atoms with Crippen molar-refractivity contribution in [2.75, 3.05) is 6.61 Å². The molecule has 0 aliphatic heterocycles. The number of aliphatic hydroxyl groups excluding tert-OH is 1. The first-order valence-electron chi connectivity index (χ1n) is 3.81. The molecule has 11 heavy (non-hydrogen) atoms. The van der Waals surface area contributed by atoms with E-state index in [1.807, 2.05) is 0 Å². The number of esters is 1. The Morgan fingerprint density at radius 2 is 2.36 bits per heavy atom. The van der Waals surface area contributed by atoms with Crippen LogP contribution in [0.1, 0.15) is 19.3 Å². The summed E-state index contributed by atoms with van der Waals surface area (Å²) < 4.78 is 4.92. The molecule has 64 valence electrons. The van der Waals surface area contributed by atoms with Gasteiger partial charge in [0.05, 0.1) is 6.61 Å². The molecule has 0 bridgehead atoms. The Hall–Kier alpha value is -0.610. The van der Waals surface area contributed by atoms with E-state index in [0.717, 1.165) is 19.3 Å². The second kappa shape index (κ2) is 3.69. The fourth-order valence-corrected chi connectivity index (χ4v) is 0.815. The Morgan fingerprint density at radius 1 is 1.73 bits per heavy atom. The SMILES string of the molecule is N[C@@H](CO)C(=O)OC1CCC1. The summed E-state index contributed by atoms with van der Waals surface area (Å²) in [5.41, 5.74) is 5.22. The van der Waals surface area contributed by atoms with Crippen LogP contribution in [-0.2, 0) is 9.53 Å². The van der Waals surface area contributed by atoms with E-state index >= 15 is 0 Å². The highest BCUT2D eigenvalue weighted by molar-refractivity contribution is 5.75. The van der Waals surface area contributed by atoms with Crippen molar-refractivity contribution in [2.45, 2.75) is 31.4 Å². The topological polar surface area (TPSA) is 72.5 Å². The number of hydrogen-bond donors (Lipinski definition) is 2. The summed E-state index contributed by atoms with van der Waals surface area (Å²) in [6, 6.07) is -0.865. The molecular weight excluding hydrogens is 146 g/mol. The van der Waals surface area contributed by atoms with Gasteiger partial charge in [-0.2, -0.15) is 0 Å². The van der Waals surface area contributed by atoms with Crippen molar-refractivity contribution < 1.29 is 14.6 Å². The van der Waals surface area contributed by atoms with E-state index in [1.54, 1.807) is 0 Å². The van der Waals surface area contributed by atoms with E-state index in [1.165, 1.54) is 0 Å². The summed E-state index contributed by atoms with van der Waals surface area (Å²) in [6.45, 7) is -0.342. The zero-order valence-corrected chi connectivity index (χ0v) is 6.32. The Labute approximate surface area is 65.3 Å². The lowest BCUT2D eigenvalue weighted by atomic mass is 9.96. The van der Waals surface area contributed by atoms with Crippen LogP contribution in [0.5, 0.6) is 0 Å². The molecule has 0 amide bonds. The van der Waals surface area contributed by atoms with Crippen LogP contribution in [0, 0.1) is 0 Å². The molecule has 1 aliphatic carbocycles. The van der Waals surface area contributed by atoms with E-state index in [9.17, 15) is 4.79 Å². The van der Waals surface area contributed by atoms with Gasteiger partial charge in [0.2, 0.25) is 0 Å². The molecule has 1 atom stereocenters. The van der Waals surface area contributed by atoms with Gasteiger partial charge in [0, 0.05) is 0 Å². The van der Waals surface area contributed by atoms with Gasteiger partial charge < -0.3 is 15.6 Å². The van der Waals surface area contributed by atoms with Crippen LogP contribution in [0.3, 0.4) is 0 Å². The van der Waals surface area contributed by atoms with Gasteiger partial charge in [0.25, 0.3) is 0 Å². The van der Waals surface area contributed by atoms with Crippen LogP contribution < -0.4 is 5.73 Å². The summed E-state index contributed by atoms with van der Waals surface area (Å²) in [7, 11) is 0. The normalized spacial score (nSPS) is 20.5. The molecule has 1 fully saturated rings. The molecular formula is C7H13NO3.